The van der Waals surface area contributed by atoms with Gasteiger partial charge in [0.25, 0.3) is 0 Å². The van der Waals surface area contributed by atoms with Crippen LogP contribution in [-0.2, 0) is 14.3 Å². The van der Waals surface area contributed by atoms with Crippen LogP contribution < -0.4 is 11.1 Å². The van der Waals surface area contributed by atoms with Crippen LogP contribution in [0, 0.1) is 0 Å². The van der Waals surface area contributed by atoms with Crippen LogP contribution in [0.5, 0.6) is 0 Å². The van der Waals surface area contributed by atoms with E-state index in [1.807, 2.05) is 6.92 Å². The number of nitrogens with two attached hydrogens (primary N) is 1. The predicted molar refractivity (Wildman–Crippen MR) is 59.8 cm³/mol. The Kier molecular flexibility index (Phi) is 10.8. The summed E-state index contributed by atoms with van der Waals surface area (Å²) in [5, 5.41) is 2.41. The molecule has 0 aliphatic heterocycles. The molecule has 6 heteroatoms. The fraction of sp³-hybridized carbons (Fsp3) is 0.778. The van der Waals surface area contributed by atoms with E-state index >= 15 is 0 Å². The van der Waals surface area contributed by atoms with Crippen LogP contribution in [0.25, 0.3) is 0 Å². The monoisotopic (exact) mass is 238 g/mol. The zero-order valence-corrected chi connectivity index (χ0v) is 9.93. The molecule has 0 radical (unpaired) electrons. The summed E-state index contributed by atoms with van der Waals surface area (Å²) in [5.41, 5.74) is 5.52. The van der Waals surface area contributed by atoms with Gasteiger partial charge in [0.05, 0.1) is 12.6 Å². The molecule has 0 heterocycles. The zero-order valence-electron chi connectivity index (χ0n) is 9.12. The van der Waals surface area contributed by atoms with Gasteiger partial charge in [0.2, 0.25) is 5.91 Å². The average molecular weight is 239 g/mol. The maximum Gasteiger partial charge on any atom is 0.325 e. The molecule has 0 saturated carbocycles. The summed E-state index contributed by atoms with van der Waals surface area (Å²) in [6.07, 6.45) is 1.46. The zero-order chi connectivity index (χ0) is 11.0. The van der Waals surface area contributed by atoms with Gasteiger partial charge in [-0.05, 0) is 13.3 Å². The summed E-state index contributed by atoms with van der Waals surface area (Å²) in [6, 6.07) is -0.533. The number of halogens is 1. The molecule has 0 aliphatic rings. The number of hydrogen-bond acceptors (Lipinski definition) is 4. The topological polar surface area (TPSA) is 81.4 Å². The Hall–Kier alpha value is -0.810. The standard InChI is InChI=1S/C9H18N2O3.ClH/c1-3-5-7(10)9(13)11-6-8(12)14-4-2;/h7H,3-6,10H2,1-2H3,(H,11,13);1H. The highest BCUT2D eigenvalue weighted by Crippen LogP contribution is 1.92. The van der Waals surface area contributed by atoms with Gasteiger partial charge in [0, 0.05) is 0 Å². The molecule has 0 aromatic rings. The largest absolute Gasteiger partial charge is 0.465 e. The minimum absolute atomic E-state index is 0. The lowest BCUT2D eigenvalue weighted by molar-refractivity contribution is -0.143. The van der Waals surface area contributed by atoms with Crippen molar-refractivity contribution in [2.45, 2.75) is 32.7 Å². The summed E-state index contributed by atoms with van der Waals surface area (Å²) in [6.45, 7) is 3.86. The second-order valence-electron chi connectivity index (χ2n) is 2.92. The van der Waals surface area contributed by atoms with Gasteiger partial charge in [-0.2, -0.15) is 0 Å². The maximum atomic E-state index is 11.2. The molecule has 1 atom stereocenters. The molecular formula is C9H19ClN2O3. The number of carbonyl (C=O) groups excluding carboxylic acids is 2. The van der Waals surface area contributed by atoms with Crippen LogP contribution >= 0.6 is 12.4 Å². The van der Waals surface area contributed by atoms with Gasteiger partial charge in [-0.15, -0.1) is 12.4 Å². The minimum Gasteiger partial charge on any atom is -0.465 e. The van der Waals surface area contributed by atoms with Crippen molar-refractivity contribution >= 4 is 24.3 Å². The molecule has 0 spiro atoms. The first kappa shape index (κ1) is 16.6. The van der Waals surface area contributed by atoms with Crippen molar-refractivity contribution in [3.8, 4) is 0 Å². The first-order chi connectivity index (χ1) is 6.61. The van der Waals surface area contributed by atoms with Gasteiger partial charge in [-0.3, -0.25) is 9.59 Å². The van der Waals surface area contributed by atoms with E-state index in [4.69, 9.17) is 5.73 Å². The first-order valence-electron chi connectivity index (χ1n) is 4.80. The third-order valence-electron chi connectivity index (χ3n) is 1.65. The molecule has 1 unspecified atom stereocenters. The van der Waals surface area contributed by atoms with Gasteiger partial charge in [-0.1, -0.05) is 13.3 Å². The molecule has 15 heavy (non-hydrogen) atoms. The predicted octanol–water partition coefficient (Wildman–Crippen LogP) is 0.215. The molecule has 0 aromatic carbocycles. The Balaban J connectivity index is 0. The summed E-state index contributed by atoms with van der Waals surface area (Å²) < 4.78 is 4.64. The molecule has 5 nitrogen and oxygen atoms in total. The third-order valence-corrected chi connectivity index (χ3v) is 1.65. The molecule has 3 N–H and O–H groups in total. The lowest BCUT2D eigenvalue weighted by atomic mass is 10.2. The van der Waals surface area contributed by atoms with Crippen molar-refractivity contribution in [1.82, 2.24) is 5.32 Å². The van der Waals surface area contributed by atoms with E-state index in [-0.39, 0.29) is 24.9 Å². The maximum absolute atomic E-state index is 11.2. The van der Waals surface area contributed by atoms with Crippen molar-refractivity contribution in [1.29, 1.82) is 0 Å². The molecule has 0 bridgehead atoms. The number of esters is 1. The van der Waals surface area contributed by atoms with E-state index < -0.39 is 12.0 Å². The van der Waals surface area contributed by atoms with Crippen LogP contribution in [0.1, 0.15) is 26.7 Å². The average Bonchev–Trinajstić information content (AvgIpc) is 2.15. The van der Waals surface area contributed by atoms with E-state index in [2.05, 4.69) is 10.1 Å². The highest BCUT2D eigenvalue weighted by Gasteiger charge is 2.13. The van der Waals surface area contributed by atoms with Crippen molar-refractivity contribution in [2.75, 3.05) is 13.2 Å². The van der Waals surface area contributed by atoms with E-state index in [9.17, 15) is 9.59 Å². The number of rotatable bonds is 6. The SMILES string of the molecule is CCCC(N)C(=O)NCC(=O)OCC.Cl. The van der Waals surface area contributed by atoms with Crippen LogP contribution in [0.4, 0.5) is 0 Å². The van der Waals surface area contributed by atoms with E-state index in [0.29, 0.717) is 13.0 Å². The fourth-order valence-corrected chi connectivity index (χ4v) is 0.944. The highest BCUT2D eigenvalue weighted by molar-refractivity contribution is 5.85. The second kappa shape index (κ2) is 9.73. The van der Waals surface area contributed by atoms with Crippen LogP contribution in [0.15, 0.2) is 0 Å². The molecule has 0 aromatic heterocycles. The van der Waals surface area contributed by atoms with E-state index in [1.165, 1.54) is 0 Å². The third kappa shape index (κ3) is 8.20. The van der Waals surface area contributed by atoms with Gasteiger partial charge in [0.1, 0.15) is 6.54 Å². The number of amides is 1. The van der Waals surface area contributed by atoms with E-state index in [1.54, 1.807) is 6.92 Å². The smallest absolute Gasteiger partial charge is 0.325 e. The fourth-order valence-electron chi connectivity index (χ4n) is 0.944. The van der Waals surface area contributed by atoms with Gasteiger partial charge in [0.15, 0.2) is 0 Å². The Labute approximate surface area is 96.1 Å². The summed E-state index contributed by atoms with van der Waals surface area (Å²) >= 11 is 0. The summed E-state index contributed by atoms with van der Waals surface area (Å²) in [4.78, 5) is 22.0. The van der Waals surface area contributed by atoms with Crippen LogP contribution in [0.2, 0.25) is 0 Å². The highest BCUT2D eigenvalue weighted by atomic mass is 35.5. The number of carbonyl (C=O) groups is 2. The van der Waals surface area contributed by atoms with Gasteiger partial charge >= 0.3 is 5.97 Å². The molecule has 90 valence electrons. The first-order valence-corrected chi connectivity index (χ1v) is 4.80. The molecule has 0 rings (SSSR count). The molecule has 1 amide bonds. The Bertz CT molecular complexity index is 200. The minimum atomic E-state index is -0.533. The van der Waals surface area contributed by atoms with Gasteiger partial charge in [-0.25, -0.2) is 0 Å². The van der Waals surface area contributed by atoms with Crippen molar-refractivity contribution in [3.63, 3.8) is 0 Å². The number of ether oxygens (including phenoxy) is 1. The van der Waals surface area contributed by atoms with Crippen LogP contribution in [-0.4, -0.2) is 31.1 Å². The molecule has 0 saturated heterocycles. The normalized spacial score (nSPS) is 11.1. The van der Waals surface area contributed by atoms with Gasteiger partial charge < -0.3 is 15.8 Å². The Morgan fingerprint density at radius 2 is 2.00 bits per heavy atom. The Morgan fingerprint density at radius 3 is 2.47 bits per heavy atom. The molecule has 0 aliphatic carbocycles. The lowest BCUT2D eigenvalue weighted by Gasteiger charge is -2.10. The number of nitrogens with one attached hydrogen (secondary N) is 1. The summed E-state index contributed by atoms with van der Waals surface area (Å²) in [7, 11) is 0. The van der Waals surface area contributed by atoms with Crippen molar-refractivity contribution in [3.05, 3.63) is 0 Å². The Morgan fingerprint density at radius 1 is 1.40 bits per heavy atom. The quantitative estimate of drug-likeness (QED) is 0.649. The molecule has 0 fully saturated rings. The van der Waals surface area contributed by atoms with Crippen molar-refractivity contribution < 1.29 is 14.3 Å². The summed E-state index contributed by atoms with van der Waals surface area (Å²) in [5.74, 6) is -0.746. The number of hydrogen-bond donors (Lipinski definition) is 2. The lowest BCUT2D eigenvalue weighted by Crippen LogP contribution is -2.42. The second-order valence-corrected chi connectivity index (χ2v) is 2.92. The van der Waals surface area contributed by atoms with Crippen LogP contribution in [0.3, 0.4) is 0 Å². The van der Waals surface area contributed by atoms with E-state index in [0.717, 1.165) is 6.42 Å². The molecular weight excluding hydrogens is 220 g/mol. The van der Waals surface area contributed by atoms with Crippen molar-refractivity contribution in [2.24, 2.45) is 5.73 Å².